The molecule has 2 rings (SSSR count). The fourth-order valence-electron chi connectivity index (χ4n) is 2.07. The van der Waals surface area contributed by atoms with Gasteiger partial charge in [0.2, 0.25) is 5.91 Å². The molecule has 0 saturated heterocycles. The number of amides is 1. The van der Waals surface area contributed by atoms with Crippen molar-refractivity contribution in [3.8, 4) is 0 Å². The van der Waals surface area contributed by atoms with Gasteiger partial charge in [-0.05, 0) is 34.9 Å². The number of benzene rings is 2. The third kappa shape index (κ3) is 7.48. The second kappa shape index (κ2) is 9.15. The Kier molecular flexibility index (Phi) is 6.91. The second-order valence-corrected chi connectivity index (χ2v) is 5.53. The van der Waals surface area contributed by atoms with Crippen molar-refractivity contribution < 1.29 is 27.1 Å². The van der Waals surface area contributed by atoms with Crippen molar-refractivity contribution in [2.24, 2.45) is 0 Å². The van der Waals surface area contributed by atoms with Crippen molar-refractivity contribution in [3.63, 3.8) is 0 Å². The van der Waals surface area contributed by atoms with Gasteiger partial charge in [-0.25, -0.2) is 4.39 Å². The van der Waals surface area contributed by atoms with E-state index >= 15 is 0 Å². The molecule has 1 amide bonds. The summed E-state index contributed by atoms with van der Waals surface area (Å²) in [6.45, 7) is -1.17. The van der Waals surface area contributed by atoms with E-state index < -0.39 is 12.8 Å². The highest BCUT2D eigenvalue weighted by atomic mass is 19.4. The van der Waals surface area contributed by atoms with Gasteiger partial charge in [-0.1, -0.05) is 36.4 Å². The minimum Gasteiger partial charge on any atom is -0.367 e. The molecule has 0 spiro atoms. The van der Waals surface area contributed by atoms with Crippen molar-refractivity contribution >= 4 is 12.0 Å². The van der Waals surface area contributed by atoms with Crippen LogP contribution < -0.4 is 5.32 Å². The molecule has 0 bridgehead atoms. The molecule has 0 atom stereocenters. The molecule has 0 fully saturated rings. The van der Waals surface area contributed by atoms with Crippen molar-refractivity contribution in [1.29, 1.82) is 0 Å². The molecule has 0 aliphatic carbocycles. The number of ether oxygens (including phenoxy) is 1. The lowest BCUT2D eigenvalue weighted by molar-refractivity contribution is -0.176. The molecule has 1 N–H and O–H groups in total. The average molecular weight is 367 g/mol. The molecule has 0 heterocycles. The molecule has 0 aromatic heterocycles. The molecule has 0 saturated carbocycles. The maximum atomic E-state index is 13.0. The minimum absolute atomic E-state index is 0.136. The van der Waals surface area contributed by atoms with Gasteiger partial charge in [-0.2, -0.15) is 13.2 Å². The minimum atomic E-state index is -4.34. The van der Waals surface area contributed by atoms with Gasteiger partial charge in [0.25, 0.3) is 0 Å². The largest absolute Gasteiger partial charge is 0.411 e. The van der Waals surface area contributed by atoms with E-state index in [2.05, 4.69) is 10.1 Å². The number of rotatable bonds is 7. The zero-order valence-corrected chi connectivity index (χ0v) is 13.7. The zero-order valence-electron chi connectivity index (χ0n) is 13.7. The summed E-state index contributed by atoms with van der Waals surface area (Å²) in [5.41, 5.74) is 1.97. The summed E-state index contributed by atoms with van der Waals surface area (Å²) < 4.78 is 53.6. The molecular weight excluding hydrogens is 350 g/mol. The number of carbonyl (C=O) groups is 1. The van der Waals surface area contributed by atoms with Crippen LogP contribution in [0.4, 0.5) is 17.6 Å². The van der Waals surface area contributed by atoms with Gasteiger partial charge in [0.1, 0.15) is 12.4 Å². The van der Waals surface area contributed by atoms with Crippen LogP contribution in [0.1, 0.15) is 16.7 Å². The average Bonchev–Trinajstić information content (AvgIpc) is 2.58. The summed E-state index contributed by atoms with van der Waals surface area (Å²) in [7, 11) is 0. The van der Waals surface area contributed by atoms with Crippen LogP contribution in [0.5, 0.6) is 0 Å². The third-order valence-electron chi connectivity index (χ3n) is 3.30. The number of nitrogens with one attached hydrogen (secondary N) is 1. The highest BCUT2D eigenvalue weighted by Gasteiger charge is 2.27. The molecule has 0 unspecified atom stereocenters. The van der Waals surface area contributed by atoms with Crippen LogP contribution in [0.2, 0.25) is 0 Å². The monoisotopic (exact) mass is 367 g/mol. The van der Waals surface area contributed by atoms with E-state index in [9.17, 15) is 22.4 Å². The van der Waals surface area contributed by atoms with Crippen molar-refractivity contribution in [1.82, 2.24) is 5.32 Å². The summed E-state index contributed by atoms with van der Waals surface area (Å²) in [6.07, 6.45) is -1.54. The van der Waals surface area contributed by atoms with Gasteiger partial charge in [0, 0.05) is 12.6 Å². The normalized spacial score (nSPS) is 11.7. The molecule has 26 heavy (non-hydrogen) atoms. The second-order valence-electron chi connectivity index (χ2n) is 5.53. The molecular formula is C19H17F4NO2. The maximum Gasteiger partial charge on any atom is 0.411 e. The Bertz CT molecular complexity index is 755. The first kappa shape index (κ1) is 19.7. The number of alkyl halides is 3. The lowest BCUT2D eigenvalue weighted by atomic mass is 10.1. The highest BCUT2D eigenvalue weighted by Crippen LogP contribution is 2.15. The van der Waals surface area contributed by atoms with Crippen LogP contribution in [0.15, 0.2) is 54.6 Å². The highest BCUT2D eigenvalue weighted by molar-refractivity contribution is 5.91. The first-order valence-electron chi connectivity index (χ1n) is 7.76. The Morgan fingerprint density at radius 3 is 2.42 bits per heavy atom. The van der Waals surface area contributed by atoms with Crippen molar-refractivity contribution in [3.05, 3.63) is 77.1 Å². The SMILES string of the molecule is O=C(/C=C/c1cccc(F)c1)NCc1ccc(COCC(F)(F)F)cc1. The van der Waals surface area contributed by atoms with Gasteiger partial charge in [0.15, 0.2) is 0 Å². The van der Waals surface area contributed by atoms with Crippen LogP contribution in [0, 0.1) is 5.82 Å². The summed E-state index contributed by atoms with van der Waals surface area (Å²) >= 11 is 0. The Morgan fingerprint density at radius 2 is 1.77 bits per heavy atom. The molecule has 0 aliphatic rings. The first-order chi connectivity index (χ1) is 12.3. The van der Waals surface area contributed by atoms with Gasteiger partial charge < -0.3 is 10.1 Å². The Hall–Kier alpha value is -2.67. The molecule has 0 radical (unpaired) electrons. The van der Waals surface area contributed by atoms with Crippen LogP contribution in [-0.2, 0) is 22.7 Å². The lowest BCUT2D eigenvalue weighted by Crippen LogP contribution is -2.20. The molecule has 7 heteroatoms. The zero-order chi connectivity index (χ0) is 19.0. The van der Waals surface area contributed by atoms with Crippen molar-refractivity contribution in [2.75, 3.05) is 6.61 Å². The fourth-order valence-corrected chi connectivity index (χ4v) is 2.07. The predicted octanol–water partition coefficient (Wildman–Crippen LogP) is 4.23. The van der Waals surface area contributed by atoms with Crippen LogP contribution in [0.3, 0.4) is 0 Å². The van der Waals surface area contributed by atoms with Gasteiger partial charge >= 0.3 is 6.18 Å². The summed E-state index contributed by atoms with van der Waals surface area (Å²) in [5, 5.41) is 2.67. The number of carbonyl (C=O) groups excluding carboxylic acids is 1. The Labute approximate surface area is 148 Å². The number of halogens is 4. The smallest absolute Gasteiger partial charge is 0.367 e. The summed E-state index contributed by atoms with van der Waals surface area (Å²) in [4.78, 5) is 11.8. The number of hydrogen-bond acceptors (Lipinski definition) is 2. The quantitative estimate of drug-likeness (QED) is 0.587. The maximum absolute atomic E-state index is 13.0. The lowest BCUT2D eigenvalue weighted by Gasteiger charge is -2.08. The van der Waals surface area contributed by atoms with Gasteiger partial charge in [-0.3, -0.25) is 4.79 Å². The van der Waals surface area contributed by atoms with Gasteiger partial charge in [-0.15, -0.1) is 0 Å². The van der Waals surface area contributed by atoms with Crippen LogP contribution >= 0.6 is 0 Å². The van der Waals surface area contributed by atoms with E-state index in [1.165, 1.54) is 24.3 Å². The van der Waals surface area contributed by atoms with E-state index in [4.69, 9.17) is 0 Å². The molecule has 138 valence electrons. The Morgan fingerprint density at radius 1 is 1.08 bits per heavy atom. The Balaban J connectivity index is 1.77. The molecule has 3 nitrogen and oxygen atoms in total. The van der Waals surface area contributed by atoms with E-state index in [1.54, 1.807) is 36.4 Å². The summed E-state index contributed by atoms with van der Waals surface area (Å²) in [5.74, 6) is -0.723. The van der Waals surface area contributed by atoms with E-state index in [0.29, 0.717) is 11.1 Å². The molecule has 0 aliphatic heterocycles. The summed E-state index contributed by atoms with van der Waals surface area (Å²) in [6, 6.07) is 12.5. The topological polar surface area (TPSA) is 38.3 Å². The molecule has 2 aromatic carbocycles. The van der Waals surface area contributed by atoms with Gasteiger partial charge in [0.05, 0.1) is 6.61 Å². The van der Waals surface area contributed by atoms with Crippen LogP contribution in [0.25, 0.3) is 6.08 Å². The third-order valence-corrected chi connectivity index (χ3v) is 3.30. The molecule has 2 aromatic rings. The van der Waals surface area contributed by atoms with E-state index in [0.717, 1.165) is 5.56 Å². The van der Waals surface area contributed by atoms with Crippen molar-refractivity contribution in [2.45, 2.75) is 19.3 Å². The van der Waals surface area contributed by atoms with E-state index in [-0.39, 0.29) is 24.9 Å². The number of hydrogen-bond donors (Lipinski definition) is 1. The first-order valence-corrected chi connectivity index (χ1v) is 7.76. The predicted molar refractivity (Wildman–Crippen MR) is 89.4 cm³/mol. The van der Waals surface area contributed by atoms with E-state index in [1.807, 2.05) is 0 Å². The fraction of sp³-hybridized carbons (Fsp3) is 0.211. The van der Waals surface area contributed by atoms with Crippen LogP contribution in [-0.4, -0.2) is 18.7 Å². The standard InChI is InChI=1S/C19H17F4NO2/c20-17-3-1-2-14(10-17)8-9-18(25)24-11-15-4-6-16(7-5-15)12-26-13-19(21,22)23/h1-10H,11-13H2,(H,24,25)/b9-8+.